The van der Waals surface area contributed by atoms with Crippen molar-refractivity contribution in [2.45, 2.75) is 45.8 Å². The molecule has 1 aliphatic heterocycles. The van der Waals surface area contributed by atoms with Crippen LogP contribution < -0.4 is 0 Å². The summed E-state index contributed by atoms with van der Waals surface area (Å²) in [6.45, 7) is 8.99. The third-order valence-corrected chi connectivity index (χ3v) is 4.26. The average molecular weight is 261 g/mol. The van der Waals surface area contributed by atoms with Crippen molar-refractivity contribution in [3.8, 4) is 0 Å². The molecule has 1 heterocycles. The molecule has 1 N–H and O–H groups in total. The minimum atomic E-state index is -0.383. The lowest BCUT2D eigenvalue weighted by molar-refractivity contribution is 0.00251. The quantitative estimate of drug-likeness (QED) is 0.897. The first kappa shape index (κ1) is 14.5. The Balaban J connectivity index is 2.15. The number of piperidine rings is 1. The summed E-state index contributed by atoms with van der Waals surface area (Å²) in [5.41, 5.74) is 1.04. The number of hydrogen-bond donors (Lipinski definition) is 1. The molecule has 1 aliphatic rings. The maximum atomic E-state index is 10.7. The molecule has 0 radical (unpaired) electrons. The monoisotopic (exact) mass is 261 g/mol. The number of aliphatic hydroxyl groups excluding tert-OH is 1. The first-order valence-corrected chi connectivity index (χ1v) is 7.56. The largest absolute Gasteiger partial charge is 0.387 e. The maximum Gasteiger partial charge on any atom is 0.0947 e. The van der Waals surface area contributed by atoms with Gasteiger partial charge in [-0.25, -0.2) is 0 Å². The second-order valence-electron chi connectivity index (χ2n) is 6.33. The Bertz CT molecular complexity index is 376. The summed E-state index contributed by atoms with van der Waals surface area (Å²) in [5, 5.41) is 10.7. The van der Waals surface area contributed by atoms with Crippen LogP contribution in [0.4, 0.5) is 0 Å². The van der Waals surface area contributed by atoms with Gasteiger partial charge in [0, 0.05) is 12.6 Å². The second-order valence-corrected chi connectivity index (χ2v) is 6.33. The Morgan fingerprint density at radius 3 is 2.47 bits per heavy atom. The van der Waals surface area contributed by atoms with Gasteiger partial charge in [0.15, 0.2) is 0 Å². The molecule has 19 heavy (non-hydrogen) atoms. The molecule has 0 spiro atoms. The van der Waals surface area contributed by atoms with Gasteiger partial charge >= 0.3 is 0 Å². The fourth-order valence-corrected chi connectivity index (χ4v) is 3.33. The van der Waals surface area contributed by atoms with Crippen molar-refractivity contribution in [1.82, 2.24) is 4.90 Å². The Kier molecular flexibility index (Phi) is 5.00. The van der Waals surface area contributed by atoms with E-state index in [9.17, 15) is 5.11 Å². The molecular formula is C17H27NO. The topological polar surface area (TPSA) is 23.5 Å². The number of benzene rings is 1. The number of hydrogen-bond acceptors (Lipinski definition) is 2. The third kappa shape index (κ3) is 3.58. The SMILES string of the molecule is CC1CCCN(C(C(C)C)C(O)c2ccccc2)C1. The zero-order valence-electron chi connectivity index (χ0n) is 12.4. The fourth-order valence-electron chi connectivity index (χ4n) is 3.33. The Hall–Kier alpha value is -0.860. The summed E-state index contributed by atoms with van der Waals surface area (Å²) < 4.78 is 0. The van der Waals surface area contributed by atoms with Crippen LogP contribution in [0.3, 0.4) is 0 Å². The Morgan fingerprint density at radius 1 is 1.21 bits per heavy atom. The van der Waals surface area contributed by atoms with Crippen LogP contribution in [-0.2, 0) is 0 Å². The molecular weight excluding hydrogens is 234 g/mol. The smallest absolute Gasteiger partial charge is 0.0947 e. The normalized spacial score (nSPS) is 24.4. The minimum absolute atomic E-state index is 0.227. The lowest BCUT2D eigenvalue weighted by atomic mass is 9.89. The summed E-state index contributed by atoms with van der Waals surface area (Å²) in [5.74, 6) is 1.21. The van der Waals surface area contributed by atoms with Crippen LogP contribution in [-0.4, -0.2) is 29.1 Å². The van der Waals surface area contributed by atoms with Crippen molar-refractivity contribution in [2.75, 3.05) is 13.1 Å². The Labute approximate surface area is 117 Å². The van der Waals surface area contributed by atoms with Gasteiger partial charge < -0.3 is 5.11 Å². The molecule has 2 nitrogen and oxygen atoms in total. The van der Waals surface area contributed by atoms with Crippen molar-refractivity contribution in [2.24, 2.45) is 11.8 Å². The maximum absolute atomic E-state index is 10.7. The zero-order chi connectivity index (χ0) is 13.8. The minimum Gasteiger partial charge on any atom is -0.387 e. The number of nitrogens with zero attached hydrogens (tertiary/aromatic N) is 1. The highest BCUT2D eigenvalue weighted by atomic mass is 16.3. The standard InChI is InChI=1S/C17H27NO/c1-13(2)16(18-11-7-8-14(3)12-18)17(19)15-9-5-4-6-10-15/h4-6,9-10,13-14,16-17,19H,7-8,11-12H2,1-3H3. The highest BCUT2D eigenvalue weighted by Crippen LogP contribution is 2.30. The van der Waals surface area contributed by atoms with Crippen LogP contribution >= 0.6 is 0 Å². The second kappa shape index (κ2) is 6.53. The van der Waals surface area contributed by atoms with Crippen LogP contribution in [0.1, 0.15) is 45.3 Å². The van der Waals surface area contributed by atoms with Crippen molar-refractivity contribution in [3.05, 3.63) is 35.9 Å². The molecule has 0 bridgehead atoms. The van der Waals surface area contributed by atoms with Crippen LogP contribution in [0.5, 0.6) is 0 Å². The summed E-state index contributed by atoms with van der Waals surface area (Å²) in [4.78, 5) is 2.50. The van der Waals surface area contributed by atoms with E-state index in [-0.39, 0.29) is 12.1 Å². The van der Waals surface area contributed by atoms with Gasteiger partial charge in [0.05, 0.1) is 6.10 Å². The van der Waals surface area contributed by atoms with E-state index >= 15 is 0 Å². The van der Waals surface area contributed by atoms with Gasteiger partial charge in [-0.15, -0.1) is 0 Å². The predicted octanol–water partition coefficient (Wildman–Crippen LogP) is 3.48. The number of aliphatic hydroxyl groups is 1. The summed E-state index contributed by atoms with van der Waals surface area (Å²) in [7, 11) is 0. The van der Waals surface area contributed by atoms with Crippen molar-refractivity contribution in [3.63, 3.8) is 0 Å². The van der Waals surface area contributed by atoms with Gasteiger partial charge in [-0.3, -0.25) is 4.90 Å². The third-order valence-electron chi connectivity index (χ3n) is 4.26. The van der Waals surface area contributed by atoms with E-state index < -0.39 is 0 Å². The molecule has 0 aromatic heterocycles. The molecule has 2 rings (SSSR count). The Morgan fingerprint density at radius 2 is 1.89 bits per heavy atom. The van der Waals surface area contributed by atoms with Gasteiger partial charge in [0.2, 0.25) is 0 Å². The molecule has 0 saturated carbocycles. The summed E-state index contributed by atoms with van der Waals surface area (Å²) in [6.07, 6.45) is 2.20. The van der Waals surface area contributed by atoms with E-state index in [1.54, 1.807) is 0 Å². The van der Waals surface area contributed by atoms with Crippen molar-refractivity contribution in [1.29, 1.82) is 0 Å². The molecule has 0 amide bonds. The van der Waals surface area contributed by atoms with E-state index in [1.807, 2.05) is 30.3 Å². The van der Waals surface area contributed by atoms with E-state index in [4.69, 9.17) is 0 Å². The van der Waals surface area contributed by atoms with Crippen LogP contribution in [0.25, 0.3) is 0 Å². The first-order valence-electron chi connectivity index (χ1n) is 7.56. The van der Waals surface area contributed by atoms with Gasteiger partial charge in [-0.1, -0.05) is 51.1 Å². The molecule has 106 valence electrons. The fraction of sp³-hybridized carbons (Fsp3) is 0.647. The van der Waals surface area contributed by atoms with Gasteiger partial charge in [0.1, 0.15) is 0 Å². The summed E-state index contributed by atoms with van der Waals surface area (Å²) in [6, 6.07) is 10.3. The number of rotatable bonds is 4. The van der Waals surface area contributed by atoms with Crippen LogP contribution in [0.2, 0.25) is 0 Å². The zero-order valence-corrected chi connectivity index (χ0v) is 12.4. The molecule has 1 fully saturated rings. The highest BCUT2D eigenvalue weighted by Gasteiger charge is 2.32. The molecule has 0 aliphatic carbocycles. The van der Waals surface area contributed by atoms with Gasteiger partial charge in [-0.2, -0.15) is 0 Å². The first-order chi connectivity index (χ1) is 9.09. The molecule has 1 aromatic carbocycles. The van der Waals surface area contributed by atoms with E-state index in [2.05, 4.69) is 25.7 Å². The van der Waals surface area contributed by atoms with Crippen LogP contribution in [0, 0.1) is 11.8 Å². The lowest BCUT2D eigenvalue weighted by Crippen LogP contribution is -2.47. The average Bonchev–Trinajstić information content (AvgIpc) is 2.39. The predicted molar refractivity (Wildman–Crippen MR) is 80.0 cm³/mol. The van der Waals surface area contributed by atoms with E-state index in [0.29, 0.717) is 5.92 Å². The molecule has 3 unspecified atom stereocenters. The van der Waals surface area contributed by atoms with E-state index in [0.717, 1.165) is 24.6 Å². The van der Waals surface area contributed by atoms with Crippen molar-refractivity contribution < 1.29 is 5.11 Å². The molecule has 3 atom stereocenters. The number of likely N-dealkylation sites (tertiary alicyclic amines) is 1. The summed E-state index contributed by atoms with van der Waals surface area (Å²) >= 11 is 0. The van der Waals surface area contributed by atoms with Crippen molar-refractivity contribution >= 4 is 0 Å². The molecule has 1 aromatic rings. The molecule has 2 heteroatoms. The van der Waals surface area contributed by atoms with E-state index in [1.165, 1.54) is 12.8 Å². The van der Waals surface area contributed by atoms with Gasteiger partial charge in [-0.05, 0) is 36.8 Å². The molecule has 1 saturated heterocycles. The highest BCUT2D eigenvalue weighted by molar-refractivity contribution is 5.19. The lowest BCUT2D eigenvalue weighted by Gasteiger charge is -2.41. The van der Waals surface area contributed by atoms with Crippen LogP contribution in [0.15, 0.2) is 30.3 Å². The van der Waals surface area contributed by atoms with Gasteiger partial charge in [0.25, 0.3) is 0 Å².